The lowest BCUT2D eigenvalue weighted by Gasteiger charge is -2.22. The van der Waals surface area contributed by atoms with Crippen molar-refractivity contribution in [3.8, 4) is 0 Å². The monoisotopic (exact) mass is 308 g/mol. The molecular weight excluding hydrogens is 292 g/mol. The van der Waals surface area contributed by atoms with E-state index in [1.165, 1.54) is 5.56 Å². The molecule has 3 rings (SSSR count). The summed E-state index contributed by atoms with van der Waals surface area (Å²) in [6, 6.07) is 20.4. The van der Waals surface area contributed by atoms with Crippen molar-refractivity contribution in [3.05, 3.63) is 76.8 Å². The third-order valence-electron chi connectivity index (χ3n) is 3.42. The Morgan fingerprint density at radius 1 is 1.05 bits per heavy atom. The number of aldehydes is 1. The number of carbonyl (C=O) groups is 1. The number of hydrogen-bond donors (Lipinski definition) is 0. The SMILES string of the molecule is Cc1sc(N(Cc2ccccc2)c2ccccc2)nc1C=O. The number of anilines is 2. The molecule has 0 fully saturated rings. The second-order valence-electron chi connectivity index (χ2n) is 4.96. The van der Waals surface area contributed by atoms with Crippen LogP contribution in [0.2, 0.25) is 0 Å². The molecule has 0 aliphatic heterocycles. The van der Waals surface area contributed by atoms with Crippen molar-refractivity contribution in [1.82, 2.24) is 4.98 Å². The Hall–Kier alpha value is -2.46. The van der Waals surface area contributed by atoms with Gasteiger partial charge in [-0.15, -0.1) is 11.3 Å². The Morgan fingerprint density at radius 3 is 2.27 bits per heavy atom. The summed E-state index contributed by atoms with van der Waals surface area (Å²) >= 11 is 1.54. The van der Waals surface area contributed by atoms with Crippen LogP contribution >= 0.6 is 11.3 Å². The number of para-hydroxylation sites is 1. The van der Waals surface area contributed by atoms with E-state index in [4.69, 9.17) is 0 Å². The first kappa shape index (κ1) is 14.5. The summed E-state index contributed by atoms with van der Waals surface area (Å²) in [4.78, 5) is 18.6. The molecule has 0 aliphatic carbocycles. The molecule has 0 atom stereocenters. The van der Waals surface area contributed by atoms with Crippen LogP contribution in [0.3, 0.4) is 0 Å². The minimum Gasteiger partial charge on any atom is -0.313 e. The normalized spacial score (nSPS) is 10.4. The van der Waals surface area contributed by atoms with Gasteiger partial charge in [-0.1, -0.05) is 48.5 Å². The molecule has 0 saturated carbocycles. The van der Waals surface area contributed by atoms with Crippen LogP contribution in [0.5, 0.6) is 0 Å². The molecule has 0 radical (unpaired) electrons. The number of aryl methyl sites for hydroxylation is 1. The minimum absolute atomic E-state index is 0.522. The number of aromatic nitrogens is 1. The first-order chi connectivity index (χ1) is 10.8. The van der Waals surface area contributed by atoms with Crippen molar-refractivity contribution >= 4 is 28.4 Å². The van der Waals surface area contributed by atoms with Crippen LogP contribution in [-0.2, 0) is 6.54 Å². The lowest BCUT2D eigenvalue weighted by atomic mass is 10.2. The second kappa shape index (κ2) is 6.54. The third kappa shape index (κ3) is 3.07. The van der Waals surface area contributed by atoms with Gasteiger partial charge in [0.1, 0.15) is 5.69 Å². The standard InChI is InChI=1S/C18H16N2OS/c1-14-17(13-21)19-18(22-14)20(16-10-6-3-7-11-16)12-15-8-4-2-5-9-15/h2-11,13H,12H2,1H3. The molecular formula is C18H16N2OS. The van der Waals surface area contributed by atoms with Gasteiger partial charge in [-0.05, 0) is 24.6 Å². The van der Waals surface area contributed by atoms with E-state index < -0.39 is 0 Å². The van der Waals surface area contributed by atoms with Gasteiger partial charge in [0.15, 0.2) is 11.4 Å². The molecule has 0 bridgehead atoms. The highest BCUT2D eigenvalue weighted by Crippen LogP contribution is 2.32. The van der Waals surface area contributed by atoms with Crippen molar-refractivity contribution in [2.45, 2.75) is 13.5 Å². The maximum Gasteiger partial charge on any atom is 0.191 e. The summed E-state index contributed by atoms with van der Waals surface area (Å²) < 4.78 is 0. The predicted molar refractivity (Wildman–Crippen MR) is 91.0 cm³/mol. The minimum atomic E-state index is 0.522. The zero-order valence-electron chi connectivity index (χ0n) is 12.3. The van der Waals surface area contributed by atoms with Gasteiger partial charge in [0.2, 0.25) is 0 Å². The van der Waals surface area contributed by atoms with E-state index in [-0.39, 0.29) is 0 Å². The van der Waals surface area contributed by atoms with Gasteiger partial charge in [-0.25, -0.2) is 4.98 Å². The van der Waals surface area contributed by atoms with E-state index in [0.717, 1.165) is 28.5 Å². The van der Waals surface area contributed by atoms with Gasteiger partial charge in [0.25, 0.3) is 0 Å². The van der Waals surface area contributed by atoms with Crippen LogP contribution in [0.1, 0.15) is 20.9 Å². The molecule has 3 aromatic rings. The van der Waals surface area contributed by atoms with Gasteiger partial charge < -0.3 is 4.90 Å². The molecule has 0 unspecified atom stereocenters. The summed E-state index contributed by atoms with van der Waals surface area (Å²) in [5.41, 5.74) is 2.79. The molecule has 22 heavy (non-hydrogen) atoms. The highest BCUT2D eigenvalue weighted by Gasteiger charge is 2.16. The fraction of sp³-hybridized carbons (Fsp3) is 0.111. The summed E-state index contributed by atoms with van der Waals surface area (Å²) in [7, 11) is 0. The Labute approximate surface area is 133 Å². The Morgan fingerprint density at radius 2 is 1.68 bits per heavy atom. The number of benzene rings is 2. The second-order valence-corrected chi connectivity index (χ2v) is 6.14. The van der Waals surface area contributed by atoms with Gasteiger partial charge in [0.05, 0.1) is 6.54 Å². The maximum atomic E-state index is 11.1. The van der Waals surface area contributed by atoms with E-state index >= 15 is 0 Å². The molecule has 1 aromatic heterocycles. The topological polar surface area (TPSA) is 33.2 Å². The fourth-order valence-electron chi connectivity index (χ4n) is 2.26. The smallest absolute Gasteiger partial charge is 0.191 e. The molecule has 0 saturated heterocycles. The van der Waals surface area contributed by atoms with E-state index in [0.29, 0.717) is 5.69 Å². The number of hydrogen-bond acceptors (Lipinski definition) is 4. The number of nitrogens with zero attached hydrogens (tertiary/aromatic N) is 2. The van der Waals surface area contributed by atoms with E-state index in [2.05, 4.69) is 34.1 Å². The summed E-state index contributed by atoms with van der Waals surface area (Å²) in [5.74, 6) is 0. The van der Waals surface area contributed by atoms with Crippen molar-refractivity contribution in [3.63, 3.8) is 0 Å². The van der Waals surface area contributed by atoms with Crippen LogP contribution in [0.25, 0.3) is 0 Å². The van der Waals surface area contributed by atoms with Crippen molar-refractivity contribution < 1.29 is 4.79 Å². The van der Waals surface area contributed by atoms with Gasteiger partial charge >= 0.3 is 0 Å². The summed E-state index contributed by atoms with van der Waals surface area (Å²) in [6.07, 6.45) is 0.820. The molecule has 0 spiro atoms. The lowest BCUT2D eigenvalue weighted by Crippen LogP contribution is -2.16. The van der Waals surface area contributed by atoms with Crippen LogP contribution in [-0.4, -0.2) is 11.3 Å². The van der Waals surface area contributed by atoms with Gasteiger partial charge in [-0.2, -0.15) is 0 Å². The molecule has 0 amide bonds. The zero-order chi connectivity index (χ0) is 15.4. The quantitative estimate of drug-likeness (QED) is 0.646. The summed E-state index contributed by atoms with van der Waals surface area (Å²) in [5, 5.41) is 0.842. The predicted octanol–water partition coefficient (Wildman–Crippen LogP) is 4.60. The van der Waals surface area contributed by atoms with Gasteiger partial charge in [0, 0.05) is 10.6 Å². The Kier molecular flexibility index (Phi) is 4.30. The molecule has 1 heterocycles. The zero-order valence-corrected chi connectivity index (χ0v) is 13.1. The highest BCUT2D eigenvalue weighted by molar-refractivity contribution is 7.15. The van der Waals surface area contributed by atoms with Crippen LogP contribution in [0, 0.1) is 6.92 Å². The van der Waals surface area contributed by atoms with E-state index in [9.17, 15) is 4.79 Å². The average Bonchev–Trinajstić information content (AvgIpc) is 2.95. The molecule has 0 aliphatic rings. The maximum absolute atomic E-state index is 11.1. The van der Waals surface area contributed by atoms with Crippen molar-refractivity contribution in [1.29, 1.82) is 0 Å². The molecule has 2 aromatic carbocycles. The largest absolute Gasteiger partial charge is 0.313 e. The first-order valence-electron chi connectivity index (χ1n) is 7.07. The fourth-order valence-corrected chi connectivity index (χ4v) is 3.16. The van der Waals surface area contributed by atoms with Crippen LogP contribution in [0.4, 0.5) is 10.8 Å². The van der Waals surface area contributed by atoms with Crippen molar-refractivity contribution in [2.24, 2.45) is 0 Å². The third-order valence-corrected chi connectivity index (χ3v) is 4.42. The molecule has 4 heteroatoms. The number of carbonyl (C=O) groups excluding carboxylic acids is 1. The Bertz CT molecular complexity index is 753. The first-order valence-corrected chi connectivity index (χ1v) is 7.88. The highest BCUT2D eigenvalue weighted by atomic mass is 32.1. The van der Waals surface area contributed by atoms with E-state index in [1.54, 1.807) is 11.3 Å². The molecule has 0 N–H and O–H groups in total. The average molecular weight is 308 g/mol. The lowest BCUT2D eigenvalue weighted by molar-refractivity contribution is 0.111. The number of thiazole rings is 1. The van der Waals surface area contributed by atoms with Crippen molar-refractivity contribution in [2.75, 3.05) is 4.90 Å². The Balaban J connectivity index is 2.00. The molecule has 110 valence electrons. The van der Waals surface area contributed by atoms with E-state index in [1.807, 2.05) is 43.3 Å². The number of rotatable bonds is 5. The van der Waals surface area contributed by atoms with Gasteiger partial charge in [-0.3, -0.25) is 4.79 Å². The van der Waals surface area contributed by atoms with Crippen LogP contribution < -0.4 is 4.90 Å². The molecule has 3 nitrogen and oxygen atoms in total. The summed E-state index contributed by atoms with van der Waals surface area (Å²) in [6.45, 7) is 2.65. The van der Waals surface area contributed by atoms with Crippen LogP contribution in [0.15, 0.2) is 60.7 Å².